The quantitative estimate of drug-likeness (QED) is 0.807. The number of hydrogen-bond donors (Lipinski definition) is 1. The summed E-state index contributed by atoms with van der Waals surface area (Å²) in [5.74, 6) is 0.945. The molecule has 1 aromatic rings. The lowest BCUT2D eigenvalue weighted by molar-refractivity contribution is 0.470. The molecule has 0 bridgehead atoms. The lowest BCUT2D eigenvalue weighted by atomic mass is 10.1. The van der Waals surface area contributed by atoms with Gasteiger partial charge in [0.2, 0.25) is 0 Å². The van der Waals surface area contributed by atoms with E-state index in [2.05, 4.69) is 29.7 Å². The first-order chi connectivity index (χ1) is 6.79. The van der Waals surface area contributed by atoms with E-state index in [-0.39, 0.29) is 0 Å². The van der Waals surface area contributed by atoms with Gasteiger partial charge < -0.3 is 5.32 Å². The molecule has 1 aliphatic carbocycles. The highest BCUT2D eigenvalue weighted by Gasteiger charge is 2.29. The molecule has 1 heterocycles. The highest BCUT2D eigenvalue weighted by Crippen LogP contribution is 2.34. The van der Waals surface area contributed by atoms with Crippen molar-refractivity contribution in [1.82, 2.24) is 10.3 Å². The normalized spacial score (nSPS) is 18.4. The topological polar surface area (TPSA) is 24.9 Å². The summed E-state index contributed by atoms with van der Waals surface area (Å²) < 4.78 is 0. The van der Waals surface area contributed by atoms with Crippen molar-refractivity contribution in [3.63, 3.8) is 0 Å². The van der Waals surface area contributed by atoms with Crippen molar-refractivity contribution in [1.29, 1.82) is 0 Å². The highest BCUT2D eigenvalue weighted by atomic mass is 32.1. The Labute approximate surface area is 89.8 Å². The molecule has 1 saturated carbocycles. The zero-order valence-corrected chi connectivity index (χ0v) is 9.73. The van der Waals surface area contributed by atoms with Crippen molar-refractivity contribution in [3.05, 3.63) is 16.1 Å². The van der Waals surface area contributed by atoms with Crippen LogP contribution >= 0.6 is 11.3 Å². The maximum Gasteiger partial charge on any atom is 0.0928 e. The Morgan fingerprint density at radius 1 is 1.64 bits per heavy atom. The number of nitrogens with one attached hydrogen (secondary N) is 1. The summed E-state index contributed by atoms with van der Waals surface area (Å²) in [6.07, 6.45) is 5.22. The first kappa shape index (κ1) is 10.1. The molecular weight excluding hydrogens is 192 g/mol. The van der Waals surface area contributed by atoms with Crippen molar-refractivity contribution in [2.24, 2.45) is 5.92 Å². The summed E-state index contributed by atoms with van der Waals surface area (Å²) in [7, 11) is 2.08. The number of nitrogens with zero attached hydrogens (tertiary/aromatic N) is 1. The summed E-state index contributed by atoms with van der Waals surface area (Å²) in [5.41, 5.74) is 1.16. The minimum absolute atomic E-state index is 0.721. The molecule has 14 heavy (non-hydrogen) atoms. The number of aryl methyl sites for hydroxylation is 2. The first-order valence-electron chi connectivity index (χ1n) is 5.38. The van der Waals surface area contributed by atoms with Crippen molar-refractivity contribution >= 4 is 11.3 Å². The van der Waals surface area contributed by atoms with Crippen LogP contribution in [0.4, 0.5) is 0 Å². The zero-order valence-electron chi connectivity index (χ0n) is 8.92. The van der Waals surface area contributed by atoms with Gasteiger partial charge in [0.1, 0.15) is 0 Å². The number of thiazole rings is 1. The molecule has 1 fully saturated rings. The van der Waals surface area contributed by atoms with E-state index in [1.807, 2.05) is 0 Å². The van der Waals surface area contributed by atoms with Crippen LogP contribution in [0.5, 0.6) is 0 Å². The van der Waals surface area contributed by atoms with Crippen LogP contribution in [0.3, 0.4) is 0 Å². The standard InChI is InChI=1S/C11H18N2S/c1-8-7-14-11(13-8)6-5-10(12-2)9-3-4-9/h7,9-10,12H,3-6H2,1-2H3. The smallest absolute Gasteiger partial charge is 0.0928 e. The summed E-state index contributed by atoms with van der Waals surface area (Å²) in [6, 6.07) is 0.721. The Bertz CT molecular complexity index is 291. The monoisotopic (exact) mass is 210 g/mol. The highest BCUT2D eigenvalue weighted by molar-refractivity contribution is 7.09. The van der Waals surface area contributed by atoms with Gasteiger partial charge in [0.25, 0.3) is 0 Å². The molecule has 0 spiro atoms. The van der Waals surface area contributed by atoms with Crippen molar-refractivity contribution in [2.75, 3.05) is 7.05 Å². The summed E-state index contributed by atoms with van der Waals surface area (Å²) >= 11 is 1.80. The van der Waals surface area contributed by atoms with E-state index in [9.17, 15) is 0 Å². The summed E-state index contributed by atoms with van der Waals surface area (Å²) in [6.45, 7) is 2.07. The SMILES string of the molecule is CNC(CCc1nc(C)cs1)C1CC1. The minimum atomic E-state index is 0.721. The summed E-state index contributed by atoms with van der Waals surface area (Å²) in [4.78, 5) is 4.49. The van der Waals surface area contributed by atoms with Gasteiger partial charge in [-0.2, -0.15) is 0 Å². The second kappa shape index (κ2) is 4.41. The van der Waals surface area contributed by atoms with Crippen LogP contribution < -0.4 is 5.32 Å². The predicted octanol–water partition coefficient (Wildman–Crippen LogP) is 2.38. The van der Waals surface area contributed by atoms with Crippen molar-refractivity contribution < 1.29 is 0 Å². The van der Waals surface area contributed by atoms with E-state index in [4.69, 9.17) is 0 Å². The summed E-state index contributed by atoms with van der Waals surface area (Å²) in [5, 5.41) is 6.85. The van der Waals surface area contributed by atoms with E-state index in [1.165, 1.54) is 24.3 Å². The minimum Gasteiger partial charge on any atom is -0.317 e. The van der Waals surface area contributed by atoms with Crippen LogP contribution in [0.25, 0.3) is 0 Å². The van der Waals surface area contributed by atoms with E-state index in [0.29, 0.717) is 0 Å². The van der Waals surface area contributed by atoms with E-state index >= 15 is 0 Å². The molecule has 1 unspecified atom stereocenters. The van der Waals surface area contributed by atoms with Crippen LogP contribution in [0, 0.1) is 12.8 Å². The Hall–Kier alpha value is -0.410. The van der Waals surface area contributed by atoms with E-state index in [0.717, 1.165) is 24.1 Å². The molecule has 1 aliphatic rings. The Kier molecular flexibility index (Phi) is 3.19. The largest absolute Gasteiger partial charge is 0.317 e. The molecule has 1 aromatic heterocycles. The van der Waals surface area contributed by atoms with Gasteiger partial charge in [-0.15, -0.1) is 11.3 Å². The van der Waals surface area contributed by atoms with Gasteiger partial charge in [-0.05, 0) is 39.2 Å². The molecule has 0 aromatic carbocycles. The lowest BCUT2D eigenvalue weighted by Gasteiger charge is -2.13. The van der Waals surface area contributed by atoms with E-state index in [1.54, 1.807) is 11.3 Å². The second-order valence-corrected chi connectivity index (χ2v) is 5.10. The first-order valence-corrected chi connectivity index (χ1v) is 6.26. The maximum absolute atomic E-state index is 4.49. The molecule has 0 saturated heterocycles. The fraction of sp³-hybridized carbons (Fsp3) is 0.727. The van der Waals surface area contributed by atoms with Gasteiger partial charge in [0, 0.05) is 23.5 Å². The molecular formula is C11H18N2S. The molecule has 1 atom stereocenters. The average molecular weight is 210 g/mol. The van der Waals surface area contributed by atoms with Crippen LogP contribution in [-0.4, -0.2) is 18.1 Å². The Balaban J connectivity index is 1.80. The van der Waals surface area contributed by atoms with Gasteiger partial charge >= 0.3 is 0 Å². The molecule has 2 rings (SSSR count). The van der Waals surface area contributed by atoms with Crippen LogP contribution in [0.15, 0.2) is 5.38 Å². The van der Waals surface area contributed by atoms with Crippen LogP contribution in [0.1, 0.15) is 30.0 Å². The van der Waals surface area contributed by atoms with Crippen LogP contribution in [0.2, 0.25) is 0 Å². The zero-order chi connectivity index (χ0) is 9.97. The van der Waals surface area contributed by atoms with Crippen molar-refractivity contribution in [2.45, 2.75) is 38.6 Å². The number of hydrogen-bond acceptors (Lipinski definition) is 3. The third-order valence-corrected chi connectivity index (χ3v) is 3.92. The molecule has 0 radical (unpaired) electrons. The second-order valence-electron chi connectivity index (χ2n) is 4.15. The lowest BCUT2D eigenvalue weighted by Crippen LogP contribution is -2.27. The van der Waals surface area contributed by atoms with Gasteiger partial charge in [0.15, 0.2) is 0 Å². The average Bonchev–Trinajstić information content (AvgIpc) is 2.92. The molecule has 78 valence electrons. The molecule has 0 amide bonds. The maximum atomic E-state index is 4.49. The van der Waals surface area contributed by atoms with Gasteiger partial charge in [0.05, 0.1) is 5.01 Å². The fourth-order valence-electron chi connectivity index (χ4n) is 1.91. The fourth-order valence-corrected chi connectivity index (χ4v) is 2.70. The number of aromatic nitrogens is 1. The van der Waals surface area contributed by atoms with Crippen LogP contribution in [-0.2, 0) is 6.42 Å². The molecule has 3 heteroatoms. The van der Waals surface area contributed by atoms with Gasteiger partial charge in [-0.3, -0.25) is 0 Å². The third kappa shape index (κ3) is 2.55. The van der Waals surface area contributed by atoms with Gasteiger partial charge in [-0.25, -0.2) is 4.98 Å². The molecule has 1 N–H and O–H groups in total. The van der Waals surface area contributed by atoms with E-state index < -0.39 is 0 Å². The third-order valence-electron chi connectivity index (χ3n) is 2.90. The van der Waals surface area contributed by atoms with Crippen molar-refractivity contribution in [3.8, 4) is 0 Å². The Morgan fingerprint density at radius 3 is 2.93 bits per heavy atom. The number of rotatable bonds is 5. The van der Waals surface area contributed by atoms with Gasteiger partial charge in [-0.1, -0.05) is 0 Å². The predicted molar refractivity (Wildman–Crippen MR) is 60.7 cm³/mol. The molecule has 0 aliphatic heterocycles. The Morgan fingerprint density at radius 2 is 2.43 bits per heavy atom. The molecule has 2 nitrogen and oxygen atoms in total.